The molecule has 9 nitrogen and oxygen atoms in total. The maximum absolute atomic E-state index is 17.4. The van der Waals surface area contributed by atoms with Crippen molar-refractivity contribution in [2.45, 2.75) is 153 Å². The molecule has 0 amide bonds. The van der Waals surface area contributed by atoms with Crippen LogP contribution in [0.2, 0.25) is 0 Å². The van der Waals surface area contributed by atoms with Gasteiger partial charge >= 0.3 is 0 Å². The minimum absolute atomic E-state index is 0.0586. The molecule has 0 bridgehead atoms. The number of carbonyl (C=O) groups excluding carboxylic acids is 3. The van der Waals surface area contributed by atoms with Crippen molar-refractivity contribution >= 4 is 40.0 Å². The van der Waals surface area contributed by atoms with Gasteiger partial charge in [0.1, 0.15) is 27.8 Å². The molecule has 8 aliphatic rings. The van der Waals surface area contributed by atoms with Crippen LogP contribution in [0.15, 0.2) is 113 Å². The molecule has 77 heavy (non-hydrogen) atoms. The third kappa shape index (κ3) is 7.89. The fourth-order valence-corrected chi connectivity index (χ4v) is 19.0. The number of thiazole rings is 2. The van der Waals surface area contributed by atoms with Gasteiger partial charge in [-0.25, -0.2) is 23.1 Å². The van der Waals surface area contributed by atoms with Crippen molar-refractivity contribution in [2.24, 2.45) is 57.2 Å². The molecule has 14 heteroatoms. The second-order valence-corrected chi connectivity index (χ2v) is 27.0. The van der Waals surface area contributed by atoms with Gasteiger partial charge in [-0.1, -0.05) is 93.5 Å². The summed E-state index contributed by atoms with van der Waals surface area (Å²) in [4.78, 5) is 46.6. The normalized spacial score (nSPS) is 41.4. The second kappa shape index (κ2) is 19.0. The number of aromatic nitrogens is 2. The molecule has 8 aliphatic carbocycles. The number of benzene rings is 2. The van der Waals surface area contributed by atoms with E-state index in [0.717, 1.165) is 34.6 Å². The number of aliphatic hydroxyl groups excluding tert-OH is 2. The molecule has 12 rings (SSSR count). The maximum atomic E-state index is 17.4. The number of rotatable bonds is 9. The Morgan fingerprint density at radius 1 is 0.636 bits per heavy atom. The molecule has 0 radical (unpaired) electrons. The Morgan fingerprint density at radius 2 is 1.10 bits per heavy atom. The number of alkyl halides is 2. The van der Waals surface area contributed by atoms with Gasteiger partial charge < -0.3 is 20.4 Å². The quantitative estimate of drug-likeness (QED) is 0.128. The topological polar surface area (TPSA) is 158 Å². The number of halogens is 3. The summed E-state index contributed by atoms with van der Waals surface area (Å²) in [7, 11) is 0. The second-order valence-electron chi connectivity index (χ2n) is 25.1. The Bertz CT molecular complexity index is 3140. The van der Waals surface area contributed by atoms with Crippen molar-refractivity contribution in [3.8, 4) is 0 Å². The van der Waals surface area contributed by atoms with Gasteiger partial charge in [0.05, 0.1) is 35.0 Å². The van der Waals surface area contributed by atoms with Gasteiger partial charge in [-0.2, -0.15) is 0 Å². The standard InChI is InChI=1S/C32H35F2NO4S.C31H36FNO3S/c1-18-12-25-24-9-6-20-14-22(36)10-11-29(20,2)31(24,34)27(38)16-30(25,3)32(18,39)26-17-40-28(35-26)15-23(37)13-19-4-7-21(33)8-5-19;1-19-15-24-23-11-10-21-16-22(34)13-14-28(21,2)30(23,32)26(35)17-29(24,3)31(19,36)25-18-37-27(33-25)12-9-20-7-5-4-6-8-20/h4-5,7-8,10-11,14,17-18,24-25,27,38-39H,6,9,12-13,15-16H2,1-3H3;4-8,13-14,16,18-19,23-24,26,35-36H,9-12,15,17H2,1-3H3/t18-,24+,25+,27+,29+,30+,31+,32+;19-,23+,24+,26+,28+,29+,30+,31+/m11/s1. The zero-order valence-corrected chi connectivity index (χ0v) is 46.4. The van der Waals surface area contributed by atoms with E-state index in [2.05, 4.69) is 12.1 Å². The number of allylic oxidation sites excluding steroid dienone is 8. The number of carbonyl (C=O) groups is 3. The molecule has 2 heterocycles. The molecule has 4 aromatic rings. The molecule has 2 aromatic carbocycles. The summed E-state index contributed by atoms with van der Waals surface area (Å²) in [6.45, 7) is 11.6. The van der Waals surface area contributed by atoms with Crippen molar-refractivity contribution in [1.29, 1.82) is 0 Å². The highest BCUT2D eigenvalue weighted by atomic mass is 32.1. The van der Waals surface area contributed by atoms with Crippen LogP contribution < -0.4 is 0 Å². The summed E-state index contributed by atoms with van der Waals surface area (Å²) >= 11 is 2.89. The van der Waals surface area contributed by atoms with E-state index in [1.165, 1.54) is 47.3 Å². The van der Waals surface area contributed by atoms with Crippen molar-refractivity contribution < 1.29 is 48.0 Å². The lowest BCUT2D eigenvalue weighted by Gasteiger charge is -2.62. The first-order chi connectivity index (χ1) is 36.4. The summed E-state index contributed by atoms with van der Waals surface area (Å²) in [5, 5.41) is 53.4. The Balaban J connectivity index is 0.000000164. The highest BCUT2D eigenvalue weighted by molar-refractivity contribution is 7.10. The third-order valence-corrected chi connectivity index (χ3v) is 23.2. The fraction of sp³-hybridized carbons (Fsp3) is 0.540. The van der Waals surface area contributed by atoms with Crippen LogP contribution in [0.5, 0.6) is 0 Å². The van der Waals surface area contributed by atoms with E-state index < -0.39 is 68.2 Å². The molecule has 16 atom stereocenters. The number of aliphatic hydroxyl groups is 4. The van der Waals surface area contributed by atoms with Gasteiger partial charge in [-0.05, 0) is 143 Å². The van der Waals surface area contributed by atoms with Crippen LogP contribution in [0, 0.1) is 63.0 Å². The number of nitrogens with zero attached hydrogens (tertiary/aromatic N) is 2. The molecule has 4 N–H and O–H groups in total. The molecule has 0 spiro atoms. The molecule has 0 aliphatic heterocycles. The van der Waals surface area contributed by atoms with Crippen molar-refractivity contribution in [2.75, 3.05) is 0 Å². The van der Waals surface area contributed by atoms with Crippen LogP contribution in [-0.2, 0) is 51.3 Å². The Morgan fingerprint density at radius 3 is 1.60 bits per heavy atom. The number of hydrogen-bond donors (Lipinski definition) is 4. The molecule has 0 unspecified atom stereocenters. The minimum Gasteiger partial charge on any atom is -0.390 e. The lowest BCUT2D eigenvalue weighted by Crippen LogP contribution is -2.68. The van der Waals surface area contributed by atoms with E-state index in [-0.39, 0.29) is 72.5 Å². The average Bonchev–Trinajstić information content (AvgIpc) is 4.39. The Hall–Kier alpha value is -4.70. The predicted octanol–water partition coefficient (Wildman–Crippen LogP) is 11.2. The monoisotopic (exact) mass is 1090 g/mol. The van der Waals surface area contributed by atoms with Gasteiger partial charge in [-0.3, -0.25) is 14.4 Å². The first-order valence-electron chi connectivity index (χ1n) is 27.6. The molecule has 0 saturated heterocycles. The van der Waals surface area contributed by atoms with Crippen molar-refractivity contribution in [3.05, 3.63) is 151 Å². The van der Waals surface area contributed by atoms with Gasteiger partial charge in [0.2, 0.25) is 0 Å². The lowest BCUT2D eigenvalue weighted by atomic mass is 9.44. The van der Waals surface area contributed by atoms with Crippen LogP contribution in [-0.4, -0.2) is 71.3 Å². The van der Waals surface area contributed by atoms with Crippen LogP contribution in [0.25, 0.3) is 0 Å². The zero-order chi connectivity index (χ0) is 54.9. The lowest BCUT2D eigenvalue weighted by molar-refractivity contribution is -0.223. The van der Waals surface area contributed by atoms with E-state index in [0.29, 0.717) is 54.9 Å². The number of Topliss-reactive ketones (excluding diaryl/α,β-unsaturated/α-hetero) is 1. The van der Waals surface area contributed by atoms with Crippen LogP contribution in [0.3, 0.4) is 0 Å². The number of fused-ring (bicyclic) bond motifs is 10. The molecule has 6 fully saturated rings. The number of ketones is 3. The highest BCUT2D eigenvalue weighted by Crippen LogP contribution is 2.74. The summed E-state index contributed by atoms with van der Waals surface area (Å²) in [5.41, 5.74) is -5.46. The van der Waals surface area contributed by atoms with E-state index >= 15 is 8.78 Å². The summed E-state index contributed by atoms with van der Waals surface area (Å²) in [6.07, 6.45) is 12.4. The molecular formula is C63H71F3N2O7S2. The summed E-state index contributed by atoms with van der Waals surface area (Å²) < 4.78 is 48.0. The van der Waals surface area contributed by atoms with E-state index in [1.54, 1.807) is 54.0 Å². The smallest absolute Gasteiger partial charge is 0.178 e. The first-order valence-corrected chi connectivity index (χ1v) is 29.4. The van der Waals surface area contributed by atoms with Gasteiger partial charge in [0.15, 0.2) is 22.9 Å². The number of hydrogen-bond acceptors (Lipinski definition) is 11. The minimum atomic E-state index is -1.95. The maximum Gasteiger partial charge on any atom is 0.178 e. The molecular weight excluding hydrogens is 1020 g/mol. The fourth-order valence-electron chi connectivity index (χ4n) is 17.3. The Labute approximate surface area is 457 Å². The largest absolute Gasteiger partial charge is 0.390 e. The number of aryl methyl sites for hydroxylation is 2. The highest BCUT2D eigenvalue weighted by Gasteiger charge is 2.76. The van der Waals surface area contributed by atoms with Crippen LogP contribution >= 0.6 is 22.7 Å². The average molecular weight is 1090 g/mol. The van der Waals surface area contributed by atoms with Crippen molar-refractivity contribution in [3.63, 3.8) is 0 Å². The van der Waals surface area contributed by atoms with E-state index in [1.807, 2.05) is 58.2 Å². The van der Waals surface area contributed by atoms with Gasteiger partial charge in [0.25, 0.3) is 0 Å². The molecule has 2 aromatic heterocycles. The third-order valence-electron chi connectivity index (χ3n) is 21.5. The molecule has 408 valence electrons. The summed E-state index contributed by atoms with van der Waals surface area (Å²) in [6, 6.07) is 16.2. The summed E-state index contributed by atoms with van der Waals surface area (Å²) in [5.74, 6) is -2.23. The van der Waals surface area contributed by atoms with Crippen molar-refractivity contribution in [1.82, 2.24) is 9.97 Å². The van der Waals surface area contributed by atoms with Crippen LogP contribution in [0.1, 0.15) is 125 Å². The SMILES string of the molecule is C[C@@H]1C[C@H]2[C@@H]3CCC4=CC(=O)C=C[C@]4(C)[C@@]3(F)[C@@H](O)C[C@]2(C)[C@@]1(O)c1csc(CC(=O)Cc2ccc(F)cc2)n1.C[C@@H]1C[C@H]2[C@@H]3CCC4=CC(=O)C=C[C@]4(C)[C@@]3(F)[C@@H](O)C[C@]2(C)[C@@]1(O)c1csc(CCc2ccccc2)n1. The van der Waals surface area contributed by atoms with E-state index in [4.69, 9.17) is 9.97 Å². The predicted molar refractivity (Wildman–Crippen MR) is 290 cm³/mol. The zero-order valence-electron chi connectivity index (χ0n) is 44.8. The molecule has 6 saturated carbocycles. The van der Waals surface area contributed by atoms with Gasteiger partial charge in [0, 0.05) is 57.1 Å². The Kier molecular flexibility index (Phi) is 13.4. The van der Waals surface area contributed by atoms with E-state index in [9.17, 15) is 39.2 Å². The first kappa shape index (κ1) is 54.3. The van der Waals surface area contributed by atoms with Crippen LogP contribution in [0.4, 0.5) is 13.2 Å². The van der Waals surface area contributed by atoms with Gasteiger partial charge in [-0.15, -0.1) is 22.7 Å².